The van der Waals surface area contributed by atoms with Crippen molar-refractivity contribution in [1.82, 2.24) is 0 Å². The Balaban J connectivity index is 2.26. The van der Waals surface area contributed by atoms with Gasteiger partial charge in [-0.3, -0.25) is 4.79 Å². The van der Waals surface area contributed by atoms with E-state index in [9.17, 15) is 28.0 Å². The first-order chi connectivity index (χ1) is 14.2. The van der Waals surface area contributed by atoms with Crippen molar-refractivity contribution >= 4 is 34.9 Å². The summed E-state index contributed by atoms with van der Waals surface area (Å²) in [5, 5.41) is 13.8. The van der Waals surface area contributed by atoms with Gasteiger partial charge >= 0.3 is 12.1 Å². The van der Waals surface area contributed by atoms with Crippen LogP contribution in [0, 0.1) is 11.3 Å². The molecule has 2 aromatic rings. The molecule has 0 aliphatic heterocycles. The third-order valence-corrected chi connectivity index (χ3v) is 3.93. The predicted octanol–water partition coefficient (Wildman–Crippen LogP) is 4.99. The number of alkyl halides is 3. The molecule has 0 spiro atoms. The average Bonchev–Trinajstić information content (AvgIpc) is 2.69. The molecule has 0 aliphatic rings. The number of ether oxygens (including phenoxy) is 1. The van der Waals surface area contributed by atoms with Gasteiger partial charge in [-0.15, -0.1) is 0 Å². The lowest BCUT2D eigenvalue weighted by Crippen LogP contribution is -2.18. The monoisotopic (exact) mass is 437 g/mol. The zero-order valence-electron chi connectivity index (χ0n) is 15.5. The minimum atomic E-state index is -4.70. The van der Waals surface area contributed by atoms with Crippen molar-refractivity contribution in [3.63, 3.8) is 0 Å². The maximum atomic E-state index is 13.2. The number of hydrogen-bond donors (Lipinski definition) is 2. The summed E-state index contributed by atoms with van der Waals surface area (Å²) in [7, 11) is 0. The number of carbonyl (C=O) groups is 2. The minimum absolute atomic E-state index is 0.0648. The van der Waals surface area contributed by atoms with E-state index in [-0.39, 0.29) is 28.6 Å². The van der Waals surface area contributed by atoms with Crippen LogP contribution in [-0.2, 0) is 15.7 Å². The molecule has 2 N–H and O–H groups in total. The molecule has 0 radical (unpaired) electrons. The highest BCUT2D eigenvalue weighted by atomic mass is 35.5. The van der Waals surface area contributed by atoms with Crippen LogP contribution < -0.4 is 10.6 Å². The summed E-state index contributed by atoms with van der Waals surface area (Å²) in [5.41, 5.74) is -1.81. The van der Waals surface area contributed by atoms with Crippen LogP contribution in [0.2, 0.25) is 5.02 Å². The molecule has 0 heterocycles. The Labute approximate surface area is 174 Å². The van der Waals surface area contributed by atoms with Gasteiger partial charge in [0.1, 0.15) is 11.6 Å². The van der Waals surface area contributed by atoms with E-state index < -0.39 is 29.2 Å². The van der Waals surface area contributed by atoms with Crippen LogP contribution >= 0.6 is 11.6 Å². The number of para-hydroxylation sites is 1. The molecule has 0 atom stereocenters. The average molecular weight is 438 g/mol. The van der Waals surface area contributed by atoms with E-state index in [4.69, 9.17) is 16.3 Å². The van der Waals surface area contributed by atoms with Crippen molar-refractivity contribution < 1.29 is 27.5 Å². The Morgan fingerprint density at radius 1 is 1.20 bits per heavy atom. The highest BCUT2D eigenvalue weighted by Gasteiger charge is 2.33. The van der Waals surface area contributed by atoms with E-state index in [1.165, 1.54) is 18.2 Å². The summed E-state index contributed by atoms with van der Waals surface area (Å²) in [4.78, 5) is 24.4. The lowest BCUT2D eigenvalue weighted by atomic mass is 10.1. The molecule has 0 aromatic heterocycles. The molecular weight excluding hydrogens is 423 g/mol. The molecule has 0 fully saturated rings. The Bertz CT molecular complexity index is 1030. The minimum Gasteiger partial charge on any atom is -0.462 e. The summed E-state index contributed by atoms with van der Waals surface area (Å²) in [5.74, 6) is -1.60. The molecule has 1 amide bonds. The third kappa shape index (κ3) is 5.75. The van der Waals surface area contributed by atoms with Crippen molar-refractivity contribution in [2.75, 3.05) is 17.2 Å². The van der Waals surface area contributed by atoms with E-state index in [0.717, 1.165) is 18.3 Å². The second-order valence-corrected chi connectivity index (χ2v) is 6.16. The Morgan fingerprint density at radius 2 is 1.90 bits per heavy atom. The van der Waals surface area contributed by atoms with Gasteiger partial charge in [-0.1, -0.05) is 23.7 Å². The van der Waals surface area contributed by atoms with Crippen LogP contribution in [0.5, 0.6) is 0 Å². The highest BCUT2D eigenvalue weighted by Crippen LogP contribution is 2.36. The maximum absolute atomic E-state index is 13.2. The normalized spacial score (nSPS) is 11.4. The van der Waals surface area contributed by atoms with Crippen LogP contribution in [0.4, 0.5) is 24.5 Å². The van der Waals surface area contributed by atoms with Crippen molar-refractivity contribution in [2.24, 2.45) is 0 Å². The predicted molar refractivity (Wildman–Crippen MR) is 105 cm³/mol. The Morgan fingerprint density at radius 3 is 2.53 bits per heavy atom. The summed E-state index contributed by atoms with van der Waals surface area (Å²) < 4.78 is 44.4. The lowest BCUT2D eigenvalue weighted by molar-refractivity contribution is -0.136. The Kier molecular flexibility index (Phi) is 7.44. The van der Waals surface area contributed by atoms with Crippen LogP contribution in [0.25, 0.3) is 0 Å². The first kappa shape index (κ1) is 22.8. The highest BCUT2D eigenvalue weighted by molar-refractivity contribution is 6.30. The molecule has 10 heteroatoms. The van der Waals surface area contributed by atoms with Gasteiger partial charge in [-0.2, -0.15) is 18.4 Å². The number of carbonyl (C=O) groups excluding carboxylic acids is 2. The number of nitriles is 1. The SMILES string of the molecule is CCOC(=O)c1ccccc1NC(=O)/C(C#N)=C\Nc1ccc(Cl)cc1C(F)(F)F. The van der Waals surface area contributed by atoms with Crippen molar-refractivity contribution in [1.29, 1.82) is 5.26 Å². The summed E-state index contributed by atoms with van der Waals surface area (Å²) in [6.07, 6.45) is -3.87. The van der Waals surface area contributed by atoms with E-state index in [1.54, 1.807) is 25.1 Å². The molecule has 2 rings (SSSR count). The molecule has 0 bridgehead atoms. The standard InChI is InChI=1S/C20H15ClF3N3O3/c1-2-30-19(29)14-5-3-4-6-16(14)27-18(28)12(10-25)11-26-17-8-7-13(21)9-15(17)20(22,23)24/h3-9,11,26H,2H2,1H3,(H,27,28)/b12-11-. The first-order valence-electron chi connectivity index (χ1n) is 8.48. The first-order valence-corrected chi connectivity index (χ1v) is 8.86. The molecule has 0 saturated carbocycles. The molecule has 6 nitrogen and oxygen atoms in total. The zero-order valence-corrected chi connectivity index (χ0v) is 16.3. The quantitative estimate of drug-likeness (QED) is 0.377. The lowest BCUT2D eigenvalue weighted by Gasteiger charge is -2.13. The van der Waals surface area contributed by atoms with Crippen molar-refractivity contribution in [2.45, 2.75) is 13.1 Å². The number of anilines is 2. The molecule has 156 valence electrons. The van der Waals surface area contributed by atoms with Gasteiger partial charge in [0, 0.05) is 11.2 Å². The number of amides is 1. The third-order valence-electron chi connectivity index (χ3n) is 3.69. The second kappa shape index (κ2) is 9.80. The van der Waals surface area contributed by atoms with E-state index in [2.05, 4.69) is 10.6 Å². The van der Waals surface area contributed by atoms with Gasteiger partial charge in [-0.05, 0) is 37.3 Å². The van der Waals surface area contributed by atoms with Gasteiger partial charge in [0.2, 0.25) is 0 Å². The van der Waals surface area contributed by atoms with Gasteiger partial charge in [-0.25, -0.2) is 4.79 Å². The van der Waals surface area contributed by atoms with E-state index in [0.29, 0.717) is 0 Å². The van der Waals surface area contributed by atoms with Crippen LogP contribution in [0.15, 0.2) is 54.2 Å². The number of nitrogens with zero attached hydrogens (tertiary/aromatic N) is 1. The molecular formula is C20H15ClF3N3O3. The zero-order chi connectivity index (χ0) is 22.3. The van der Waals surface area contributed by atoms with Gasteiger partial charge in [0.25, 0.3) is 5.91 Å². The molecule has 2 aromatic carbocycles. The fraction of sp³-hybridized carbons (Fsp3) is 0.150. The summed E-state index contributed by atoms with van der Waals surface area (Å²) in [6, 6.07) is 10.6. The van der Waals surface area contributed by atoms with Crippen LogP contribution in [0.1, 0.15) is 22.8 Å². The van der Waals surface area contributed by atoms with Gasteiger partial charge < -0.3 is 15.4 Å². The number of benzene rings is 2. The molecule has 0 unspecified atom stereocenters. The molecule has 0 saturated heterocycles. The van der Waals surface area contributed by atoms with E-state index in [1.807, 2.05) is 0 Å². The maximum Gasteiger partial charge on any atom is 0.418 e. The van der Waals surface area contributed by atoms with E-state index >= 15 is 0 Å². The smallest absolute Gasteiger partial charge is 0.418 e. The number of nitrogens with one attached hydrogen (secondary N) is 2. The van der Waals surface area contributed by atoms with Gasteiger partial charge in [0.15, 0.2) is 0 Å². The fourth-order valence-electron chi connectivity index (χ4n) is 2.34. The number of esters is 1. The van der Waals surface area contributed by atoms with Crippen molar-refractivity contribution in [3.8, 4) is 6.07 Å². The number of hydrogen-bond acceptors (Lipinski definition) is 5. The van der Waals surface area contributed by atoms with Crippen LogP contribution in [-0.4, -0.2) is 18.5 Å². The van der Waals surface area contributed by atoms with Crippen molar-refractivity contribution in [3.05, 3.63) is 70.4 Å². The van der Waals surface area contributed by atoms with Gasteiger partial charge in [0.05, 0.1) is 29.1 Å². The Hall–Kier alpha value is -3.51. The molecule has 30 heavy (non-hydrogen) atoms. The summed E-state index contributed by atoms with van der Waals surface area (Å²) >= 11 is 5.62. The number of rotatable bonds is 6. The second-order valence-electron chi connectivity index (χ2n) is 5.72. The molecule has 0 aliphatic carbocycles. The largest absolute Gasteiger partial charge is 0.462 e. The fourth-order valence-corrected chi connectivity index (χ4v) is 2.52. The number of halogens is 4. The van der Waals surface area contributed by atoms with Crippen LogP contribution in [0.3, 0.4) is 0 Å². The topological polar surface area (TPSA) is 91.2 Å². The summed E-state index contributed by atoms with van der Waals surface area (Å²) in [6.45, 7) is 1.74.